The monoisotopic (exact) mass is 440 g/mol. The Hall–Kier alpha value is -3.93. The quantitative estimate of drug-likeness (QED) is 0.445. The van der Waals surface area contributed by atoms with Gasteiger partial charge in [-0.25, -0.2) is 4.98 Å². The van der Waals surface area contributed by atoms with Crippen molar-refractivity contribution < 1.29 is 9.59 Å². The van der Waals surface area contributed by atoms with Gasteiger partial charge in [0.2, 0.25) is 5.91 Å². The summed E-state index contributed by atoms with van der Waals surface area (Å²) in [6.07, 6.45) is 0. The first-order valence-electron chi connectivity index (χ1n) is 11.2. The van der Waals surface area contributed by atoms with Crippen LogP contribution in [0.25, 0.3) is 11.0 Å². The smallest absolute Gasteiger partial charge is 0.251 e. The number of nitrogens with one attached hydrogen (secondary N) is 1. The Morgan fingerprint density at radius 2 is 1.73 bits per heavy atom. The number of hydrogen-bond donors (Lipinski definition) is 1. The predicted molar refractivity (Wildman–Crippen MR) is 131 cm³/mol. The second-order valence-electron chi connectivity index (χ2n) is 8.08. The highest BCUT2D eigenvalue weighted by molar-refractivity contribution is 5.95. The van der Waals surface area contributed by atoms with E-state index in [0.717, 1.165) is 22.3 Å². The molecule has 1 N–H and O–H groups in total. The average molecular weight is 441 g/mol. The van der Waals surface area contributed by atoms with Crippen molar-refractivity contribution in [2.24, 2.45) is 0 Å². The van der Waals surface area contributed by atoms with Gasteiger partial charge in [0, 0.05) is 17.8 Å². The van der Waals surface area contributed by atoms with Crippen LogP contribution < -0.4 is 10.2 Å². The fourth-order valence-electron chi connectivity index (χ4n) is 4.05. The number of fused-ring (bicyclic) bond motifs is 1. The molecule has 0 aliphatic rings. The number of anilines is 1. The van der Waals surface area contributed by atoms with Crippen LogP contribution in [-0.2, 0) is 11.3 Å². The zero-order valence-electron chi connectivity index (χ0n) is 19.2. The third kappa shape index (κ3) is 4.80. The van der Waals surface area contributed by atoms with Crippen molar-refractivity contribution in [1.29, 1.82) is 0 Å². The van der Waals surface area contributed by atoms with Gasteiger partial charge < -0.3 is 14.8 Å². The van der Waals surface area contributed by atoms with E-state index in [1.807, 2.05) is 98.1 Å². The van der Waals surface area contributed by atoms with Crippen molar-refractivity contribution >= 4 is 28.5 Å². The number of carbonyl (C=O) groups is 2. The molecular formula is C27H28N4O2. The molecule has 1 atom stereocenters. The highest BCUT2D eigenvalue weighted by Crippen LogP contribution is 2.23. The summed E-state index contributed by atoms with van der Waals surface area (Å²) < 4.78 is 1.91. The first kappa shape index (κ1) is 22.3. The van der Waals surface area contributed by atoms with E-state index >= 15 is 0 Å². The minimum Gasteiger partial charge on any atom is -0.342 e. The number of likely N-dealkylation sites (N-methyl/N-ethyl adjacent to an activating group) is 1. The van der Waals surface area contributed by atoms with E-state index in [-0.39, 0.29) is 24.4 Å². The fourth-order valence-corrected chi connectivity index (χ4v) is 4.05. The number of hydrogen-bond acceptors (Lipinski definition) is 3. The molecule has 168 valence electrons. The summed E-state index contributed by atoms with van der Waals surface area (Å²) in [7, 11) is 0. The largest absolute Gasteiger partial charge is 0.342 e. The molecule has 1 unspecified atom stereocenters. The van der Waals surface area contributed by atoms with Crippen LogP contribution in [0.3, 0.4) is 0 Å². The van der Waals surface area contributed by atoms with E-state index in [0.29, 0.717) is 17.9 Å². The standard InChI is InChI=1S/C27H28N4O2/c1-4-30(22-13-6-5-7-14-22)25(32)18-31-24-16-9-8-15-23(24)29-26(31)20(3)28-27(33)21-12-10-11-19(2)17-21/h5-17,20H,4,18H2,1-3H3,(H,28,33). The second kappa shape index (κ2) is 9.69. The van der Waals surface area contributed by atoms with E-state index < -0.39 is 0 Å². The van der Waals surface area contributed by atoms with Crippen LogP contribution in [0.5, 0.6) is 0 Å². The molecule has 2 amide bonds. The number of aromatic nitrogens is 2. The highest BCUT2D eigenvalue weighted by atomic mass is 16.2. The van der Waals surface area contributed by atoms with Crippen LogP contribution >= 0.6 is 0 Å². The van der Waals surface area contributed by atoms with Gasteiger partial charge in [0.25, 0.3) is 5.91 Å². The van der Waals surface area contributed by atoms with Crippen molar-refractivity contribution in [2.45, 2.75) is 33.4 Å². The van der Waals surface area contributed by atoms with Gasteiger partial charge in [-0.15, -0.1) is 0 Å². The number of nitrogens with zero attached hydrogens (tertiary/aromatic N) is 3. The Morgan fingerprint density at radius 1 is 1.00 bits per heavy atom. The van der Waals surface area contributed by atoms with Crippen LogP contribution in [0.1, 0.15) is 41.6 Å². The molecule has 0 saturated heterocycles. The lowest BCUT2D eigenvalue weighted by atomic mass is 10.1. The van der Waals surface area contributed by atoms with E-state index in [1.165, 1.54) is 0 Å². The third-order valence-corrected chi connectivity index (χ3v) is 5.68. The number of imidazole rings is 1. The van der Waals surface area contributed by atoms with E-state index in [1.54, 1.807) is 11.0 Å². The molecule has 0 spiro atoms. The van der Waals surface area contributed by atoms with Crippen LogP contribution in [-0.4, -0.2) is 27.9 Å². The molecule has 4 aromatic rings. The Labute approximate surface area is 193 Å². The Bertz CT molecular complexity index is 1280. The van der Waals surface area contributed by atoms with Crippen molar-refractivity contribution in [3.63, 3.8) is 0 Å². The maximum Gasteiger partial charge on any atom is 0.251 e. The van der Waals surface area contributed by atoms with Crippen molar-refractivity contribution in [3.05, 3.63) is 95.8 Å². The summed E-state index contributed by atoms with van der Waals surface area (Å²) in [6.45, 7) is 6.50. The molecule has 0 fully saturated rings. The van der Waals surface area contributed by atoms with Crippen molar-refractivity contribution in [2.75, 3.05) is 11.4 Å². The minimum atomic E-state index is -0.384. The summed E-state index contributed by atoms with van der Waals surface area (Å²) in [5, 5.41) is 3.04. The van der Waals surface area contributed by atoms with Gasteiger partial charge in [-0.05, 0) is 57.2 Å². The zero-order valence-corrected chi connectivity index (χ0v) is 19.2. The lowest BCUT2D eigenvalue weighted by Crippen LogP contribution is -2.35. The normalized spacial score (nSPS) is 11.8. The maximum atomic E-state index is 13.3. The van der Waals surface area contributed by atoms with Gasteiger partial charge in [-0.1, -0.05) is 48.0 Å². The van der Waals surface area contributed by atoms with Gasteiger partial charge in [0.15, 0.2) is 0 Å². The molecule has 6 heteroatoms. The van der Waals surface area contributed by atoms with Crippen molar-refractivity contribution in [3.8, 4) is 0 Å². The second-order valence-corrected chi connectivity index (χ2v) is 8.08. The van der Waals surface area contributed by atoms with Crippen LogP contribution in [0.4, 0.5) is 5.69 Å². The van der Waals surface area contributed by atoms with Gasteiger partial charge in [-0.3, -0.25) is 9.59 Å². The van der Waals surface area contributed by atoms with Crippen molar-refractivity contribution in [1.82, 2.24) is 14.9 Å². The van der Waals surface area contributed by atoms with E-state index in [4.69, 9.17) is 4.98 Å². The summed E-state index contributed by atoms with van der Waals surface area (Å²) in [6, 6.07) is 24.4. The number of benzene rings is 3. The number of para-hydroxylation sites is 3. The molecule has 4 rings (SSSR count). The molecular weight excluding hydrogens is 412 g/mol. The van der Waals surface area contributed by atoms with Gasteiger partial charge in [-0.2, -0.15) is 0 Å². The Balaban J connectivity index is 1.64. The molecule has 1 aromatic heterocycles. The SMILES string of the molecule is CCN(C(=O)Cn1c(C(C)NC(=O)c2cccc(C)c2)nc2ccccc21)c1ccccc1. The minimum absolute atomic E-state index is 0.0367. The first-order valence-corrected chi connectivity index (χ1v) is 11.2. The molecule has 1 heterocycles. The molecule has 0 radical (unpaired) electrons. The third-order valence-electron chi connectivity index (χ3n) is 5.68. The molecule has 0 aliphatic carbocycles. The van der Waals surface area contributed by atoms with E-state index in [9.17, 15) is 9.59 Å². The Morgan fingerprint density at radius 3 is 2.45 bits per heavy atom. The molecule has 33 heavy (non-hydrogen) atoms. The number of amides is 2. The summed E-state index contributed by atoms with van der Waals surface area (Å²) in [5.41, 5.74) is 4.13. The first-order chi connectivity index (χ1) is 16.0. The van der Waals surface area contributed by atoms with Crippen LogP contribution in [0.15, 0.2) is 78.9 Å². The average Bonchev–Trinajstić information content (AvgIpc) is 3.19. The van der Waals surface area contributed by atoms with Gasteiger partial charge >= 0.3 is 0 Å². The van der Waals surface area contributed by atoms with E-state index in [2.05, 4.69) is 5.32 Å². The number of rotatable bonds is 7. The van der Waals surface area contributed by atoms with Gasteiger partial charge in [0.05, 0.1) is 17.1 Å². The topological polar surface area (TPSA) is 67.2 Å². The zero-order chi connectivity index (χ0) is 23.4. The molecule has 6 nitrogen and oxygen atoms in total. The summed E-state index contributed by atoms with van der Waals surface area (Å²) in [4.78, 5) is 32.7. The Kier molecular flexibility index (Phi) is 6.54. The molecule has 0 saturated carbocycles. The van der Waals surface area contributed by atoms with Crippen LogP contribution in [0.2, 0.25) is 0 Å². The maximum absolute atomic E-state index is 13.3. The predicted octanol–water partition coefficient (Wildman–Crippen LogP) is 4.89. The summed E-state index contributed by atoms with van der Waals surface area (Å²) >= 11 is 0. The number of aryl methyl sites for hydroxylation is 1. The summed E-state index contributed by atoms with van der Waals surface area (Å²) in [5.74, 6) is 0.440. The highest BCUT2D eigenvalue weighted by Gasteiger charge is 2.22. The molecule has 0 aliphatic heterocycles. The fraction of sp³-hybridized carbons (Fsp3) is 0.222. The number of carbonyl (C=O) groups excluding carboxylic acids is 2. The molecule has 3 aromatic carbocycles. The lowest BCUT2D eigenvalue weighted by molar-refractivity contribution is -0.119. The van der Waals surface area contributed by atoms with Crippen LogP contribution in [0, 0.1) is 6.92 Å². The lowest BCUT2D eigenvalue weighted by Gasteiger charge is -2.23. The van der Waals surface area contributed by atoms with Gasteiger partial charge in [0.1, 0.15) is 12.4 Å². The molecule has 0 bridgehead atoms.